The number of aromatic nitrogens is 4. The minimum atomic E-state index is -3.62. The van der Waals surface area contributed by atoms with Crippen LogP contribution < -0.4 is 0 Å². The van der Waals surface area contributed by atoms with Crippen LogP contribution in [0, 0.1) is 13.8 Å². The Morgan fingerprint density at radius 1 is 1.31 bits per heavy atom. The highest BCUT2D eigenvalue weighted by molar-refractivity contribution is 7.89. The number of carbonyl (C=O) groups is 1. The largest absolute Gasteiger partial charge is 0.360 e. The van der Waals surface area contributed by atoms with Gasteiger partial charge in [-0.1, -0.05) is 10.4 Å². The lowest BCUT2D eigenvalue weighted by Gasteiger charge is -2.37. The number of carbonyl (C=O) groups excluding carboxylic acids is 1. The van der Waals surface area contributed by atoms with Gasteiger partial charge in [0, 0.05) is 26.1 Å². The molecule has 0 aromatic carbocycles. The number of hydrogen-bond donors (Lipinski definition) is 0. The molecule has 2 aliphatic heterocycles. The van der Waals surface area contributed by atoms with Crippen molar-refractivity contribution in [1.82, 2.24) is 29.4 Å². The second-order valence-corrected chi connectivity index (χ2v) is 8.61. The van der Waals surface area contributed by atoms with E-state index in [1.807, 2.05) is 0 Å². The molecule has 2 fully saturated rings. The standard InChI is InChI=1S/C15H20N6O4S/c1-10-15(11(2)25-17-10)26(23,24)20-8-13(9-20)21-7-12(16-18-21)6-19-5-3-4-14(19)22/h7,13H,3-6,8-9H2,1-2H3. The van der Waals surface area contributed by atoms with Gasteiger partial charge >= 0.3 is 0 Å². The number of rotatable bonds is 5. The van der Waals surface area contributed by atoms with Crippen LogP contribution in [0.5, 0.6) is 0 Å². The fraction of sp³-hybridized carbons (Fsp3) is 0.600. The first-order valence-corrected chi connectivity index (χ1v) is 9.92. The minimum Gasteiger partial charge on any atom is -0.360 e. The maximum absolute atomic E-state index is 12.7. The number of sulfonamides is 1. The molecule has 2 aromatic heterocycles. The van der Waals surface area contributed by atoms with Gasteiger partial charge in [0.1, 0.15) is 16.3 Å². The number of likely N-dealkylation sites (tertiary alicyclic amines) is 1. The van der Waals surface area contributed by atoms with Crippen molar-refractivity contribution in [3.63, 3.8) is 0 Å². The summed E-state index contributed by atoms with van der Waals surface area (Å²) in [6, 6.07) is -0.0687. The second kappa shape index (κ2) is 6.16. The molecule has 0 saturated carbocycles. The summed E-state index contributed by atoms with van der Waals surface area (Å²) in [7, 11) is -3.62. The average molecular weight is 380 g/mol. The first kappa shape index (κ1) is 17.2. The van der Waals surface area contributed by atoms with Crippen molar-refractivity contribution in [2.75, 3.05) is 19.6 Å². The molecule has 4 rings (SSSR count). The summed E-state index contributed by atoms with van der Waals surface area (Å²) in [6.07, 6.45) is 3.26. The molecule has 0 aliphatic carbocycles. The van der Waals surface area contributed by atoms with E-state index in [1.54, 1.807) is 29.6 Å². The molecule has 0 unspecified atom stereocenters. The molecule has 1 amide bonds. The molecule has 10 nitrogen and oxygen atoms in total. The predicted octanol–water partition coefficient (Wildman–Crippen LogP) is 0.251. The van der Waals surface area contributed by atoms with Gasteiger partial charge in [-0.3, -0.25) is 4.79 Å². The van der Waals surface area contributed by atoms with Crippen LogP contribution in [0.1, 0.15) is 36.0 Å². The van der Waals surface area contributed by atoms with Crippen LogP contribution in [0.3, 0.4) is 0 Å². The molecule has 2 saturated heterocycles. The Hall–Kier alpha value is -2.27. The van der Waals surface area contributed by atoms with Gasteiger partial charge in [0.05, 0.1) is 18.8 Å². The number of aryl methyl sites for hydroxylation is 2. The topological polar surface area (TPSA) is 114 Å². The van der Waals surface area contributed by atoms with Crippen molar-refractivity contribution < 1.29 is 17.7 Å². The molecular formula is C15H20N6O4S. The van der Waals surface area contributed by atoms with Crippen molar-refractivity contribution in [1.29, 1.82) is 0 Å². The SMILES string of the molecule is Cc1noc(C)c1S(=O)(=O)N1CC(n2cc(CN3CCCC3=O)nn2)C1. The Morgan fingerprint density at radius 2 is 2.08 bits per heavy atom. The molecule has 0 N–H and O–H groups in total. The highest BCUT2D eigenvalue weighted by Crippen LogP contribution is 2.30. The van der Waals surface area contributed by atoms with E-state index in [1.165, 1.54) is 4.31 Å². The van der Waals surface area contributed by atoms with E-state index >= 15 is 0 Å². The van der Waals surface area contributed by atoms with Crippen LogP contribution in [0.25, 0.3) is 0 Å². The third-order valence-corrected chi connectivity index (χ3v) is 6.93. The summed E-state index contributed by atoms with van der Waals surface area (Å²) in [5.41, 5.74) is 1.08. The van der Waals surface area contributed by atoms with Gasteiger partial charge < -0.3 is 9.42 Å². The Balaban J connectivity index is 1.41. The summed E-state index contributed by atoms with van der Waals surface area (Å²) >= 11 is 0. The maximum Gasteiger partial charge on any atom is 0.248 e. The third kappa shape index (κ3) is 2.80. The molecule has 4 heterocycles. The van der Waals surface area contributed by atoms with Crippen LogP contribution in [-0.4, -0.2) is 63.3 Å². The quantitative estimate of drug-likeness (QED) is 0.730. The van der Waals surface area contributed by atoms with Crippen LogP contribution in [0.15, 0.2) is 15.6 Å². The Morgan fingerprint density at radius 3 is 2.69 bits per heavy atom. The molecule has 11 heteroatoms. The summed E-state index contributed by atoms with van der Waals surface area (Å²) in [5, 5.41) is 11.9. The Labute approximate surface area is 150 Å². The zero-order valence-electron chi connectivity index (χ0n) is 14.6. The first-order valence-electron chi connectivity index (χ1n) is 8.48. The molecule has 2 aliphatic rings. The van der Waals surface area contributed by atoms with E-state index in [0.29, 0.717) is 43.2 Å². The van der Waals surface area contributed by atoms with Gasteiger partial charge in [-0.2, -0.15) is 4.31 Å². The minimum absolute atomic E-state index is 0.0687. The molecule has 0 spiro atoms. The van der Waals surface area contributed by atoms with Crippen LogP contribution in [-0.2, 0) is 21.4 Å². The van der Waals surface area contributed by atoms with Crippen molar-refractivity contribution in [3.05, 3.63) is 23.3 Å². The first-order chi connectivity index (χ1) is 12.4. The zero-order valence-corrected chi connectivity index (χ0v) is 15.4. The van der Waals surface area contributed by atoms with E-state index in [2.05, 4.69) is 15.5 Å². The van der Waals surface area contributed by atoms with Gasteiger partial charge in [-0.25, -0.2) is 13.1 Å². The average Bonchev–Trinajstić information content (AvgIpc) is 3.21. The molecule has 26 heavy (non-hydrogen) atoms. The molecule has 0 radical (unpaired) electrons. The smallest absolute Gasteiger partial charge is 0.248 e. The van der Waals surface area contributed by atoms with E-state index < -0.39 is 10.0 Å². The fourth-order valence-electron chi connectivity index (χ4n) is 3.38. The molecular weight excluding hydrogens is 360 g/mol. The lowest BCUT2D eigenvalue weighted by Crippen LogP contribution is -2.50. The van der Waals surface area contributed by atoms with Gasteiger partial charge in [0.2, 0.25) is 15.9 Å². The monoisotopic (exact) mass is 380 g/mol. The number of hydrogen-bond acceptors (Lipinski definition) is 7. The maximum atomic E-state index is 12.7. The normalized spacial score (nSPS) is 19.3. The lowest BCUT2D eigenvalue weighted by atomic mass is 10.2. The van der Waals surface area contributed by atoms with E-state index in [4.69, 9.17) is 4.52 Å². The Bertz CT molecular complexity index is 924. The third-order valence-electron chi connectivity index (χ3n) is 4.85. The van der Waals surface area contributed by atoms with Crippen molar-refractivity contribution in [2.45, 2.75) is 44.2 Å². The van der Waals surface area contributed by atoms with Crippen LogP contribution in [0.4, 0.5) is 0 Å². The van der Waals surface area contributed by atoms with Crippen LogP contribution >= 0.6 is 0 Å². The molecule has 0 atom stereocenters. The van der Waals surface area contributed by atoms with Gasteiger partial charge in [0.15, 0.2) is 5.76 Å². The van der Waals surface area contributed by atoms with Gasteiger partial charge in [0.25, 0.3) is 0 Å². The summed E-state index contributed by atoms with van der Waals surface area (Å²) < 4.78 is 33.4. The van der Waals surface area contributed by atoms with Gasteiger partial charge in [-0.15, -0.1) is 5.10 Å². The van der Waals surface area contributed by atoms with Crippen molar-refractivity contribution >= 4 is 15.9 Å². The summed E-state index contributed by atoms with van der Waals surface area (Å²) in [6.45, 7) is 5.04. The molecule has 0 bridgehead atoms. The zero-order chi connectivity index (χ0) is 18.5. The van der Waals surface area contributed by atoms with E-state index in [9.17, 15) is 13.2 Å². The highest BCUT2D eigenvalue weighted by Gasteiger charge is 2.41. The lowest BCUT2D eigenvalue weighted by molar-refractivity contribution is -0.128. The van der Waals surface area contributed by atoms with E-state index in [-0.39, 0.29) is 16.8 Å². The van der Waals surface area contributed by atoms with Gasteiger partial charge in [-0.05, 0) is 20.3 Å². The highest BCUT2D eigenvalue weighted by atomic mass is 32.2. The molecule has 140 valence electrons. The number of nitrogens with zero attached hydrogens (tertiary/aromatic N) is 6. The number of amides is 1. The van der Waals surface area contributed by atoms with Crippen molar-refractivity contribution in [3.8, 4) is 0 Å². The summed E-state index contributed by atoms with van der Waals surface area (Å²) in [4.78, 5) is 13.6. The Kier molecular flexibility index (Phi) is 4.07. The summed E-state index contributed by atoms with van der Waals surface area (Å²) in [5.74, 6) is 0.434. The van der Waals surface area contributed by atoms with Crippen molar-refractivity contribution in [2.24, 2.45) is 0 Å². The van der Waals surface area contributed by atoms with Crippen LogP contribution in [0.2, 0.25) is 0 Å². The fourth-order valence-corrected chi connectivity index (χ4v) is 5.19. The molecule has 2 aromatic rings. The second-order valence-electron chi connectivity index (χ2n) is 6.74. The van der Waals surface area contributed by atoms with E-state index in [0.717, 1.165) is 13.0 Å². The predicted molar refractivity (Wildman–Crippen MR) is 88.4 cm³/mol.